The molecule has 0 aromatic heterocycles. The Balaban J connectivity index is 1.50. The van der Waals surface area contributed by atoms with Crippen LogP contribution in [0.5, 0.6) is 0 Å². The number of nitrogens with one attached hydrogen (secondary N) is 2. The van der Waals surface area contributed by atoms with E-state index in [9.17, 15) is 22.8 Å². The zero-order chi connectivity index (χ0) is 21.6. The highest BCUT2D eigenvalue weighted by atomic mass is 19.4. The number of anilines is 1. The highest BCUT2D eigenvalue weighted by molar-refractivity contribution is 6.00. The maximum atomic E-state index is 12.7. The zero-order valence-electron chi connectivity index (χ0n) is 15.7. The molecule has 0 unspecified atom stereocenters. The maximum absolute atomic E-state index is 12.7. The number of nitrogens with zero attached hydrogens (tertiary/aromatic N) is 1. The Morgan fingerprint density at radius 3 is 2.40 bits per heavy atom. The van der Waals surface area contributed by atoms with Gasteiger partial charge in [-0.15, -0.1) is 0 Å². The third-order valence-corrected chi connectivity index (χ3v) is 4.27. The summed E-state index contributed by atoms with van der Waals surface area (Å²) in [4.78, 5) is 23.8. The van der Waals surface area contributed by atoms with Gasteiger partial charge in [0.1, 0.15) is 0 Å². The third-order valence-electron chi connectivity index (χ3n) is 4.27. The van der Waals surface area contributed by atoms with Crippen LogP contribution in [0.3, 0.4) is 0 Å². The molecule has 0 bridgehead atoms. The van der Waals surface area contributed by atoms with Gasteiger partial charge in [-0.05, 0) is 29.0 Å². The molecule has 3 aromatic rings. The van der Waals surface area contributed by atoms with Crippen LogP contribution in [0.15, 0.2) is 71.8 Å². The van der Waals surface area contributed by atoms with Crippen molar-refractivity contribution in [2.45, 2.75) is 19.0 Å². The van der Waals surface area contributed by atoms with Gasteiger partial charge in [-0.2, -0.15) is 18.3 Å². The Labute approximate surface area is 170 Å². The fourth-order valence-corrected chi connectivity index (χ4v) is 2.82. The number of fused-ring (bicyclic) bond motifs is 1. The molecule has 154 valence electrons. The lowest BCUT2D eigenvalue weighted by atomic mass is 10.1. The number of carbonyl (C=O) groups excluding carboxylic acids is 2. The molecular weight excluding hydrogens is 395 g/mol. The fourth-order valence-electron chi connectivity index (χ4n) is 2.82. The van der Waals surface area contributed by atoms with Crippen LogP contribution in [0.2, 0.25) is 0 Å². The smallest absolute Gasteiger partial charge is 0.326 e. The van der Waals surface area contributed by atoms with Crippen molar-refractivity contribution in [3.8, 4) is 0 Å². The van der Waals surface area contributed by atoms with Gasteiger partial charge in [0, 0.05) is 24.1 Å². The van der Waals surface area contributed by atoms with E-state index in [0.717, 1.165) is 28.5 Å². The first-order chi connectivity index (χ1) is 14.3. The Morgan fingerprint density at radius 2 is 1.60 bits per heavy atom. The van der Waals surface area contributed by atoms with E-state index in [4.69, 9.17) is 0 Å². The van der Waals surface area contributed by atoms with Crippen LogP contribution in [-0.2, 0) is 15.8 Å². The van der Waals surface area contributed by atoms with Gasteiger partial charge < -0.3 is 5.32 Å². The topological polar surface area (TPSA) is 70.6 Å². The van der Waals surface area contributed by atoms with Crippen LogP contribution in [0.1, 0.15) is 24.0 Å². The molecule has 3 rings (SSSR count). The molecule has 8 heteroatoms. The Hall–Kier alpha value is -3.68. The summed E-state index contributed by atoms with van der Waals surface area (Å²) in [6.45, 7) is 0. The van der Waals surface area contributed by atoms with Crippen LogP contribution < -0.4 is 10.7 Å². The van der Waals surface area contributed by atoms with Crippen LogP contribution in [0, 0.1) is 0 Å². The number of halogens is 3. The molecule has 0 radical (unpaired) electrons. The van der Waals surface area contributed by atoms with Gasteiger partial charge >= 0.3 is 6.18 Å². The molecule has 0 spiro atoms. The minimum absolute atomic E-state index is 0.0178. The van der Waals surface area contributed by atoms with Crippen molar-refractivity contribution < 1.29 is 22.8 Å². The van der Waals surface area contributed by atoms with E-state index in [1.165, 1.54) is 18.3 Å². The molecule has 0 atom stereocenters. The largest absolute Gasteiger partial charge is 0.416 e. The lowest BCUT2D eigenvalue weighted by Crippen LogP contribution is -2.20. The second-order valence-corrected chi connectivity index (χ2v) is 6.49. The standard InChI is InChI=1S/C22H18F3N3O2/c23-22(24,25)17-8-4-9-18(13-17)27-20(29)11-12-21(30)28-26-14-16-7-3-6-15-5-1-2-10-19(15)16/h1-10,13-14H,11-12H2,(H,27,29)(H,28,30). The van der Waals surface area contributed by atoms with E-state index in [1.807, 2.05) is 42.5 Å². The number of amides is 2. The first kappa shape index (κ1) is 21.0. The molecular formula is C22H18F3N3O2. The van der Waals surface area contributed by atoms with Crippen molar-refractivity contribution >= 4 is 34.5 Å². The lowest BCUT2D eigenvalue weighted by molar-refractivity contribution is -0.137. The molecule has 3 aromatic carbocycles. The predicted octanol–water partition coefficient (Wildman–Crippen LogP) is 4.73. The molecule has 0 aliphatic carbocycles. The maximum Gasteiger partial charge on any atom is 0.416 e. The van der Waals surface area contributed by atoms with Gasteiger partial charge in [-0.25, -0.2) is 5.43 Å². The first-order valence-electron chi connectivity index (χ1n) is 9.10. The highest BCUT2D eigenvalue weighted by Gasteiger charge is 2.30. The summed E-state index contributed by atoms with van der Waals surface area (Å²) >= 11 is 0. The number of hydrazone groups is 1. The number of carbonyl (C=O) groups is 2. The molecule has 0 heterocycles. The van der Waals surface area contributed by atoms with E-state index in [0.29, 0.717) is 0 Å². The van der Waals surface area contributed by atoms with E-state index >= 15 is 0 Å². The molecule has 2 N–H and O–H groups in total. The van der Waals surface area contributed by atoms with Gasteiger partial charge in [0.15, 0.2) is 0 Å². The van der Waals surface area contributed by atoms with E-state index in [2.05, 4.69) is 15.8 Å². The lowest BCUT2D eigenvalue weighted by Gasteiger charge is -2.09. The van der Waals surface area contributed by atoms with E-state index < -0.39 is 23.6 Å². The first-order valence-corrected chi connectivity index (χ1v) is 9.10. The van der Waals surface area contributed by atoms with Gasteiger partial charge in [-0.3, -0.25) is 9.59 Å². The van der Waals surface area contributed by atoms with Crippen LogP contribution >= 0.6 is 0 Å². The van der Waals surface area contributed by atoms with Crippen molar-refractivity contribution in [2.24, 2.45) is 5.10 Å². The minimum atomic E-state index is -4.50. The summed E-state index contributed by atoms with van der Waals surface area (Å²) in [5, 5.41) is 8.29. The molecule has 0 aliphatic heterocycles. The molecule has 30 heavy (non-hydrogen) atoms. The number of hydrogen-bond donors (Lipinski definition) is 2. The van der Waals surface area contributed by atoms with Crippen molar-refractivity contribution in [3.63, 3.8) is 0 Å². The van der Waals surface area contributed by atoms with Crippen LogP contribution in [0.4, 0.5) is 18.9 Å². The van der Waals surface area contributed by atoms with Crippen LogP contribution in [-0.4, -0.2) is 18.0 Å². The Kier molecular flexibility index (Phi) is 6.46. The van der Waals surface area contributed by atoms with Gasteiger partial charge in [0.25, 0.3) is 0 Å². The third kappa shape index (κ3) is 5.66. The summed E-state index contributed by atoms with van der Waals surface area (Å²) in [5.41, 5.74) is 2.33. The molecule has 5 nitrogen and oxygen atoms in total. The summed E-state index contributed by atoms with van der Waals surface area (Å²) in [6, 6.07) is 17.7. The molecule has 0 saturated carbocycles. The van der Waals surface area contributed by atoms with E-state index in [1.54, 1.807) is 0 Å². The van der Waals surface area contributed by atoms with Crippen molar-refractivity contribution in [1.29, 1.82) is 0 Å². The summed E-state index contributed by atoms with van der Waals surface area (Å²) in [5.74, 6) is -1.05. The number of alkyl halides is 3. The van der Waals surface area contributed by atoms with Crippen molar-refractivity contribution in [3.05, 3.63) is 77.9 Å². The van der Waals surface area contributed by atoms with Gasteiger partial charge in [0.2, 0.25) is 11.8 Å². The minimum Gasteiger partial charge on any atom is -0.326 e. The number of benzene rings is 3. The van der Waals surface area contributed by atoms with Gasteiger partial charge in [-0.1, -0.05) is 48.5 Å². The van der Waals surface area contributed by atoms with Crippen molar-refractivity contribution in [1.82, 2.24) is 5.43 Å². The SMILES string of the molecule is O=C(CCC(=O)Nc1cccc(C(F)(F)F)c1)NN=Cc1cccc2ccccc12. The second-order valence-electron chi connectivity index (χ2n) is 6.49. The molecule has 2 amide bonds. The zero-order valence-corrected chi connectivity index (χ0v) is 15.7. The second kappa shape index (κ2) is 9.21. The summed E-state index contributed by atoms with van der Waals surface area (Å²) in [7, 11) is 0. The Morgan fingerprint density at radius 1 is 0.900 bits per heavy atom. The quantitative estimate of drug-likeness (QED) is 0.453. The van der Waals surface area contributed by atoms with Crippen LogP contribution in [0.25, 0.3) is 10.8 Å². The fraction of sp³-hybridized carbons (Fsp3) is 0.136. The molecule has 0 saturated heterocycles. The molecule has 0 aliphatic rings. The molecule has 0 fully saturated rings. The average Bonchev–Trinajstić information content (AvgIpc) is 2.72. The predicted molar refractivity (Wildman–Crippen MR) is 109 cm³/mol. The summed E-state index contributed by atoms with van der Waals surface area (Å²) < 4.78 is 38.1. The average molecular weight is 413 g/mol. The normalized spacial score (nSPS) is 11.6. The summed E-state index contributed by atoms with van der Waals surface area (Å²) in [6.07, 6.45) is -3.32. The van der Waals surface area contributed by atoms with Crippen molar-refractivity contribution in [2.75, 3.05) is 5.32 Å². The highest BCUT2D eigenvalue weighted by Crippen LogP contribution is 2.30. The Bertz CT molecular complexity index is 1090. The monoisotopic (exact) mass is 413 g/mol. The van der Waals surface area contributed by atoms with Gasteiger partial charge in [0.05, 0.1) is 11.8 Å². The van der Waals surface area contributed by atoms with E-state index in [-0.39, 0.29) is 18.5 Å². The number of hydrogen-bond acceptors (Lipinski definition) is 3. The number of rotatable bonds is 6.